The molecule has 10 nitrogen and oxygen atoms in total. The molecule has 1 saturated heterocycles. The first-order chi connectivity index (χ1) is 14.2. The van der Waals surface area contributed by atoms with E-state index in [-0.39, 0.29) is 12.6 Å². The van der Waals surface area contributed by atoms with Crippen LogP contribution in [0.3, 0.4) is 0 Å². The van der Waals surface area contributed by atoms with Crippen molar-refractivity contribution < 1.29 is 9.84 Å². The number of rotatable bonds is 5. The third-order valence-electron chi connectivity index (χ3n) is 4.86. The summed E-state index contributed by atoms with van der Waals surface area (Å²) in [6.07, 6.45) is 1.68. The van der Waals surface area contributed by atoms with E-state index in [1.165, 1.54) is 0 Å². The van der Waals surface area contributed by atoms with Crippen molar-refractivity contribution >= 4 is 44.5 Å². The number of nitrogens with zero attached hydrogens (tertiary/aromatic N) is 6. The van der Waals surface area contributed by atoms with Gasteiger partial charge in [0.15, 0.2) is 5.65 Å². The minimum Gasteiger partial charge on any atom is -0.394 e. The molecule has 1 atom stereocenters. The van der Waals surface area contributed by atoms with Gasteiger partial charge in [0, 0.05) is 6.54 Å². The number of halogens is 1. The average Bonchev–Trinajstić information content (AvgIpc) is 3.35. The zero-order chi connectivity index (χ0) is 19.8. The maximum atomic E-state index is 9.71. The van der Waals surface area contributed by atoms with Crippen LogP contribution in [0.4, 0.5) is 11.9 Å². The highest BCUT2D eigenvalue weighted by Gasteiger charge is 2.26. The Kier molecular flexibility index (Phi) is 4.78. The summed E-state index contributed by atoms with van der Waals surface area (Å²) in [6, 6.07) is 7.70. The van der Waals surface area contributed by atoms with E-state index in [9.17, 15) is 5.11 Å². The molecule has 5 rings (SSSR count). The summed E-state index contributed by atoms with van der Waals surface area (Å²) in [5.41, 5.74) is 2.54. The van der Waals surface area contributed by atoms with Crippen molar-refractivity contribution in [1.82, 2.24) is 29.5 Å². The number of fused-ring (bicyclic) bond motifs is 2. The molecule has 0 spiro atoms. The number of benzene rings is 1. The van der Waals surface area contributed by atoms with Crippen LogP contribution in [0.25, 0.3) is 16.7 Å². The van der Waals surface area contributed by atoms with Crippen molar-refractivity contribution in [2.75, 3.05) is 36.6 Å². The van der Waals surface area contributed by atoms with Crippen LogP contribution in [0.1, 0.15) is 5.82 Å². The summed E-state index contributed by atoms with van der Waals surface area (Å²) < 4.78 is 7.88. The van der Waals surface area contributed by atoms with Crippen molar-refractivity contribution in [2.24, 2.45) is 0 Å². The fraction of sp³-hybridized carbons (Fsp3) is 0.333. The van der Waals surface area contributed by atoms with Gasteiger partial charge < -0.3 is 25.0 Å². The Morgan fingerprint density at radius 1 is 1.28 bits per heavy atom. The highest BCUT2D eigenvalue weighted by atomic mass is 79.9. The first-order valence-electron chi connectivity index (χ1n) is 9.27. The van der Waals surface area contributed by atoms with Gasteiger partial charge in [-0.05, 0) is 28.1 Å². The molecule has 1 aliphatic heterocycles. The molecular formula is C18H19BrN8O2. The van der Waals surface area contributed by atoms with Crippen molar-refractivity contribution in [3.63, 3.8) is 0 Å². The predicted molar refractivity (Wildman–Crippen MR) is 111 cm³/mol. The fourth-order valence-electron chi connectivity index (χ4n) is 3.40. The van der Waals surface area contributed by atoms with Gasteiger partial charge in [0.05, 0.1) is 54.1 Å². The third kappa shape index (κ3) is 3.41. The topological polar surface area (TPSA) is 116 Å². The zero-order valence-electron chi connectivity index (χ0n) is 15.4. The Morgan fingerprint density at radius 2 is 2.17 bits per heavy atom. The van der Waals surface area contributed by atoms with Crippen LogP contribution < -0.4 is 10.2 Å². The number of nitrogens with one attached hydrogen (secondary N) is 2. The van der Waals surface area contributed by atoms with E-state index in [0.717, 1.165) is 21.3 Å². The van der Waals surface area contributed by atoms with Crippen LogP contribution in [0, 0.1) is 0 Å². The quantitative estimate of drug-likeness (QED) is 0.412. The lowest BCUT2D eigenvalue weighted by molar-refractivity contribution is 0.0718. The van der Waals surface area contributed by atoms with Crippen LogP contribution in [0.5, 0.6) is 0 Å². The van der Waals surface area contributed by atoms with Gasteiger partial charge in [0.25, 0.3) is 0 Å². The van der Waals surface area contributed by atoms with E-state index < -0.39 is 0 Å². The van der Waals surface area contributed by atoms with E-state index in [1.807, 2.05) is 29.2 Å². The maximum Gasteiger partial charge on any atom is 0.231 e. The summed E-state index contributed by atoms with van der Waals surface area (Å²) in [5, 5.41) is 17.4. The monoisotopic (exact) mass is 458 g/mol. The number of aliphatic hydroxyl groups excluding tert-OH is 1. The summed E-state index contributed by atoms with van der Waals surface area (Å²) in [4.78, 5) is 19.2. The van der Waals surface area contributed by atoms with Gasteiger partial charge in [-0.25, -0.2) is 4.98 Å². The minimum atomic E-state index is -0.184. The lowest BCUT2D eigenvalue weighted by Gasteiger charge is -2.34. The van der Waals surface area contributed by atoms with E-state index in [1.54, 1.807) is 10.7 Å². The largest absolute Gasteiger partial charge is 0.394 e. The number of para-hydroxylation sites is 2. The molecule has 4 heterocycles. The first-order valence-corrected chi connectivity index (χ1v) is 10.1. The molecule has 0 aliphatic carbocycles. The summed E-state index contributed by atoms with van der Waals surface area (Å²) >= 11 is 3.50. The fourth-order valence-corrected chi connectivity index (χ4v) is 3.75. The number of H-pyrrole nitrogens is 1. The number of aliphatic hydroxyl groups is 1. The van der Waals surface area contributed by atoms with Crippen LogP contribution in [0.15, 0.2) is 34.9 Å². The molecular weight excluding hydrogens is 440 g/mol. The second-order valence-corrected chi connectivity index (χ2v) is 7.59. The Hall–Kier alpha value is -2.76. The second-order valence-electron chi connectivity index (χ2n) is 6.73. The van der Waals surface area contributed by atoms with Gasteiger partial charge in [-0.1, -0.05) is 12.1 Å². The van der Waals surface area contributed by atoms with Crippen LogP contribution >= 0.6 is 15.9 Å². The number of ether oxygens (including phenoxy) is 1. The number of anilines is 2. The number of aromatic amines is 1. The second kappa shape index (κ2) is 7.58. The molecule has 1 fully saturated rings. The Morgan fingerprint density at radius 3 is 3.03 bits per heavy atom. The normalized spacial score (nSPS) is 17.3. The molecule has 0 saturated carbocycles. The van der Waals surface area contributed by atoms with E-state index in [2.05, 4.69) is 46.3 Å². The molecule has 3 N–H and O–H groups in total. The molecule has 0 amide bonds. The van der Waals surface area contributed by atoms with Gasteiger partial charge in [0.1, 0.15) is 5.82 Å². The lowest BCUT2D eigenvalue weighted by atomic mass is 10.2. The smallest absolute Gasteiger partial charge is 0.231 e. The molecule has 3 aromatic heterocycles. The van der Waals surface area contributed by atoms with E-state index in [0.29, 0.717) is 43.8 Å². The molecule has 0 radical (unpaired) electrons. The van der Waals surface area contributed by atoms with Crippen LogP contribution in [-0.4, -0.2) is 67.1 Å². The average molecular weight is 459 g/mol. The zero-order valence-corrected chi connectivity index (χ0v) is 17.0. The SMILES string of the molecule is OCC1COCCN1c1nc(NCc2nc3ccccc3[nH]2)n2ncc(Br)c2n1. The van der Waals surface area contributed by atoms with Crippen molar-refractivity contribution in [3.8, 4) is 0 Å². The first kappa shape index (κ1) is 18.3. The standard InChI is InChI=1S/C18H19BrN8O2/c19-12-7-21-27-16(12)24-18(26-5-6-29-10-11(26)9-28)25-17(27)20-8-15-22-13-3-1-2-4-14(13)23-15/h1-4,7,11,28H,5-6,8-10H2,(H,22,23)(H,20,24,25). The number of imidazole rings is 1. The summed E-state index contributed by atoms with van der Waals surface area (Å²) in [5.74, 6) is 1.86. The third-order valence-corrected chi connectivity index (χ3v) is 5.42. The van der Waals surface area contributed by atoms with Gasteiger partial charge in [0.2, 0.25) is 11.9 Å². The number of hydrogen-bond acceptors (Lipinski definition) is 8. The molecule has 29 heavy (non-hydrogen) atoms. The predicted octanol–water partition coefficient (Wildman–Crippen LogP) is 1.57. The molecule has 0 bridgehead atoms. The molecule has 1 aliphatic rings. The van der Waals surface area contributed by atoms with Crippen molar-refractivity contribution in [2.45, 2.75) is 12.6 Å². The van der Waals surface area contributed by atoms with Crippen LogP contribution in [0.2, 0.25) is 0 Å². The Bertz CT molecular complexity index is 1130. The Labute approximate surface area is 174 Å². The number of hydrogen-bond donors (Lipinski definition) is 3. The molecule has 1 aromatic carbocycles. The highest BCUT2D eigenvalue weighted by Crippen LogP contribution is 2.24. The van der Waals surface area contributed by atoms with Crippen molar-refractivity contribution in [1.29, 1.82) is 0 Å². The molecule has 1 unspecified atom stereocenters. The molecule has 150 valence electrons. The highest BCUT2D eigenvalue weighted by molar-refractivity contribution is 9.10. The van der Waals surface area contributed by atoms with E-state index in [4.69, 9.17) is 4.74 Å². The summed E-state index contributed by atoms with van der Waals surface area (Å²) in [6.45, 7) is 2.03. The van der Waals surface area contributed by atoms with Gasteiger partial charge >= 0.3 is 0 Å². The minimum absolute atomic E-state index is 0.0310. The Balaban J connectivity index is 1.48. The van der Waals surface area contributed by atoms with Crippen LogP contribution in [-0.2, 0) is 11.3 Å². The van der Waals surface area contributed by atoms with Gasteiger partial charge in [-0.2, -0.15) is 19.6 Å². The number of aromatic nitrogens is 6. The lowest BCUT2D eigenvalue weighted by Crippen LogP contribution is -2.48. The maximum absolute atomic E-state index is 9.71. The molecule has 11 heteroatoms. The van der Waals surface area contributed by atoms with Crippen molar-refractivity contribution in [3.05, 3.63) is 40.8 Å². The van der Waals surface area contributed by atoms with Gasteiger partial charge in [-0.15, -0.1) is 0 Å². The number of morpholine rings is 1. The summed E-state index contributed by atoms with van der Waals surface area (Å²) in [7, 11) is 0. The molecule has 4 aromatic rings. The van der Waals surface area contributed by atoms with E-state index >= 15 is 0 Å². The van der Waals surface area contributed by atoms with Gasteiger partial charge in [-0.3, -0.25) is 0 Å².